The van der Waals surface area contributed by atoms with Gasteiger partial charge in [0.1, 0.15) is 5.41 Å². The normalized spacial score (nSPS) is 20.5. The lowest BCUT2D eigenvalue weighted by Crippen LogP contribution is -2.49. The standard InChI is InChI=1S/C19H24N2O.C2H6/c1-4-9-15(5-2)19(18(20)22,16-10-7-6-8-11-16)17-12-13-21(3)14-17;1-2/h4-11,17H,1-2,12-14H2,3H3,(H2,20,22);1-2H3/b15-9+;. The van der Waals surface area contributed by atoms with Crippen LogP contribution in [0.5, 0.6) is 0 Å². The molecule has 2 rings (SSSR count). The molecule has 1 aromatic rings. The van der Waals surface area contributed by atoms with Gasteiger partial charge in [-0.1, -0.05) is 75.6 Å². The highest BCUT2D eigenvalue weighted by Crippen LogP contribution is 2.44. The minimum Gasteiger partial charge on any atom is -0.369 e. The van der Waals surface area contributed by atoms with E-state index in [9.17, 15) is 4.79 Å². The third kappa shape index (κ3) is 3.68. The van der Waals surface area contributed by atoms with E-state index in [-0.39, 0.29) is 11.8 Å². The smallest absolute Gasteiger partial charge is 0.232 e. The van der Waals surface area contributed by atoms with Gasteiger partial charge in [0, 0.05) is 6.54 Å². The molecule has 1 fully saturated rings. The summed E-state index contributed by atoms with van der Waals surface area (Å²) in [6, 6.07) is 9.79. The van der Waals surface area contributed by atoms with Gasteiger partial charge in [-0.15, -0.1) is 0 Å². The van der Waals surface area contributed by atoms with E-state index in [2.05, 4.69) is 25.1 Å². The van der Waals surface area contributed by atoms with Crippen molar-refractivity contribution in [3.8, 4) is 0 Å². The largest absolute Gasteiger partial charge is 0.369 e. The van der Waals surface area contributed by atoms with Crippen molar-refractivity contribution in [3.05, 3.63) is 72.9 Å². The van der Waals surface area contributed by atoms with Gasteiger partial charge in [0.2, 0.25) is 5.91 Å². The van der Waals surface area contributed by atoms with E-state index < -0.39 is 5.41 Å². The Morgan fingerprint density at radius 2 is 1.92 bits per heavy atom. The molecule has 2 unspecified atom stereocenters. The van der Waals surface area contributed by atoms with Crippen LogP contribution in [-0.4, -0.2) is 30.9 Å². The maximum absolute atomic E-state index is 12.7. The molecule has 1 amide bonds. The molecule has 3 heteroatoms. The van der Waals surface area contributed by atoms with Crippen molar-refractivity contribution in [2.75, 3.05) is 20.1 Å². The van der Waals surface area contributed by atoms with E-state index in [1.165, 1.54) is 0 Å². The number of amides is 1. The lowest BCUT2D eigenvalue weighted by molar-refractivity contribution is -0.123. The average Bonchev–Trinajstić information content (AvgIpc) is 3.03. The quantitative estimate of drug-likeness (QED) is 0.811. The Bertz CT molecular complexity index is 591. The first-order chi connectivity index (χ1) is 11.6. The summed E-state index contributed by atoms with van der Waals surface area (Å²) in [5.74, 6) is -0.200. The van der Waals surface area contributed by atoms with Crippen LogP contribution in [0.1, 0.15) is 25.8 Å². The number of hydrogen-bond donors (Lipinski definition) is 1. The minimum absolute atomic E-state index is 0.126. The third-order valence-electron chi connectivity index (χ3n) is 4.59. The zero-order valence-corrected chi connectivity index (χ0v) is 15.2. The van der Waals surface area contributed by atoms with Crippen LogP contribution in [0, 0.1) is 5.92 Å². The molecular weight excluding hydrogens is 296 g/mol. The molecule has 24 heavy (non-hydrogen) atoms. The van der Waals surface area contributed by atoms with Crippen molar-refractivity contribution in [2.24, 2.45) is 11.7 Å². The number of rotatable bonds is 6. The second-order valence-corrected chi connectivity index (χ2v) is 5.85. The van der Waals surface area contributed by atoms with Crippen LogP contribution < -0.4 is 5.73 Å². The molecule has 1 aliphatic rings. The molecule has 0 radical (unpaired) electrons. The topological polar surface area (TPSA) is 46.3 Å². The molecule has 1 saturated heterocycles. The van der Waals surface area contributed by atoms with E-state index >= 15 is 0 Å². The van der Waals surface area contributed by atoms with Gasteiger partial charge in [-0.3, -0.25) is 4.79 Å². The summed E-state index contributed by atoms with van der Waals surface area (Å²) in [6.45, 7) is 13.5. The lowest BCUT2D eigenvalue weighted by atomic mass is 9.64. The highest BCUT2D eigenvalue weighted by atomic mass is 16.1. The molecule has 2 N–H and O–H groups in total. The van der Waals surface area contributed by atoms with Gasteiger partial charge >= 0.3 is 0 Å². The molecule has 0 saturated carbocycles. The Morgan fingerprint density at radius 3 is 2.33 bits per heavy atom. The number of nitrogens with two attached hydrogens (primary N) is 1. The summed E-state index contributed by atoms with van der Waals surface area (Å²) in [4.78, 5) is 14.9. The molecule has 0 spiro atoms. The molecule has 1 heterocycles. The van der Waals surface area contributed by atoms with Crippen molar-refractivity contribution in [1.82, 2.24) is 4.90 Å². The van der Waals surface area contributed by atoms with Crippen molar-refractivity contribution >= 4 is 5.91 Å². The zero-order valence-electron chi connectivity index (χ0n) is 15.2. The van der Waals surface area contributed by atoms with E-state index in [0.29, 0.717) is 0 Å². The number of carbonyl (C=O) groups is 1. The van der Waals surface area contributed by atoms with Crippen molar-refractivity contribution in [1.29, 1.82) is 0 Å². The van der Waals surface area contributed by atoms with Crippen LogP contribution in [-0.2, 0) is 10.2 Å². The van der Waals surface area contributed by atoms with Crippen LogP contribution in [0.2, 0.25) is 0 Å². The predicted molar refractivity (Wildman–Crippen MR) is 103 cm³/mol. The fraction of sp³-hybridized carbons (Fsp3) is 0.381. The summed E-state index contributed by atoms with van der Waals surface area (Å²) >= 11 is 0. The number of carbonyl (C=O) groups excluding carboxylic acids is 1. The molecule has 0 aromatic heterocycles. The molecule has 1 aromatic carbocycles. The molecule has 2 atom stereocenters. The number of likely N-dealkylation sites (tertiary alicyclic amines) is 1. The highest BCUT2D eigenvalue weighted by Gasteiger charge is 2.49. The van der Waals surface area contributed by atoms with Crippen LogP contribution in [0.15, 0.2) is 67.3 Å². The average molecular weight is 326 g/mol. The highest BCUT2D eigenvalue weighted by molar-refractivity contribution is 5.92. The monoisotopic (exact) mass is 326 g/mol. The summed E-state index contributed by atoms with van der Waals surface area (Å²) in [5.41, 5.74) is 6.84. The van der Waals surface area contributed by atoms with Crippen molar-refractivity contribution < 1.29 is 4.79 Å². The van der Waals surface area contributed by atoms with E-state index in [4.69, 9.17) is 5.73 Å². The summed E-state index contributed by atoms with van der Waals surface area (Å²) < 4.78 is 0. The van der Waals surface area contributed by atoms with Gasteiger partial charge in [-0.25, -0.2) is 0 Å². The fourth-order valence-electron chi connectivity index (χ4n) is 3.60. The number of primary amides is 1. The SMILES string of the molecule is C=C/C=C(\C=C)C(C(N)=O)(c1ccccc1)C1CCN(C)C1.CC. The Morgan fingerprint density at radius 1 is 1.29 bits per heavy atom. The summed E-state index contributed by atoms with van der Waals surface area (Å²) in [6.07, 6.45) is 6.20. The molecule has 0 aliphatic carbocycles. The van der Waals surface area contributed by atoms with Gasteiger partial charge in [0.25, 0.3) is 0 Å². The maximum Gasteiger partial charge on any atom is 0.232 e. The third-order valence-corrected chi connectivity index (χ3v) is 4.59. The van der Waals surface area contributed by atoms with Gasteiger partial charge in [-0.05, 0) is 37.1 Å². The lowest BCUT2D eigenvalue weighted by Gasteiger charge is -2.38. The number of allylic oxidation sites excluding steroid dienone is 3. The molecule has 1 aliphatic heterocycles. The molecular formula is C21H30N2O. The van der Waals surface area contributed by atoms with Crippen molar-refractivity contribution in [2.45, 2.75) is 25.7 Å². The second kappa shape index (κ2) is 9.24. The number of hydrogen-bond acceptors (Lipinski definition) is 2. The van der Waals surface area contributed by atoms with Crippen LogP contribution in [0.25, 0.3) is 0 Å². The summed E-state index contributed by atoms with van der Waals surface area (Å²) in [7, 11) is 2.07. The Hall–Kier alpha value is -2.13. The van der Waals surface area contributed by atoms with E-state index in [1.807, 2.05) is 50.3 Å². The van der Waals surface area contributed by atoms with Crippen LogP contribution in [0.4, 0.5) is 0 Å². The first-order valence-electron chi connectivity index (χ1n) is 8.57. The number of nitrogens with zero attached hydrogens (tertiary/aromatic N) is 1. The first kappa shape index (κ1) is 19.9. The molecule has 130 valence electrons. The molecule has 3 nitrogen and oxygen atoms in total. The van der Waals surface area contributed by atoms with E-state index in [1.54, 1.807) is 12.2 Å². The first-order valence-corrected chi connectivity index (χ1v) is 8.57. The van der Waals surface area contributed by atoms with Crippen LogP contribution in [0.3, 0.4) is 0 Å². The maximum atomic E-state index is 12.7. The Labute approximate surface area is 146 Å². The van der Waals surface area contributed by atoms with Gasteiger partial charge in [-0.2, -0.15) is 0 Å². The minimum atomic E-state index is -0.859. The van der Waals surface area contributed by atoms with E-state index in [0.717, 1.165) is 30.6 Å². The molecule has 0 bridgehead atoms. The Balaban J connectivity index is 0.00000139. The van der Waals surface area contributed by atoms with Gasteiger partial charge in [0.05, 0.1) is 0 Å². The van der Waals surface area contributed by atoms with Gasteiger partial charge in [0.15, 0.2) is 0 Å². The second-order valence-electron chi connectivity index (χ2n) is 5.85. The van der Waals surface area contributed by atoms with Gasteiger partial charge < -0.3 is 10.6 Å². The van der Waals surface area contributed by atoms with Crippen molar-refractivity contribution in [3.63, 3.8) is 0 Å². The van der Waals surface area contributed by atoms with Crippen LogP contribution >= 0.6 is 0 Å². The fourth-order valence-corrected chi connectivity index (χ4v) is 3.60. The summed E-state index contributed by atoms with van der Waals surface area (Å²) in [5, 5.41) is 0. The number of benzene rings is 1. The Kier molecular flexibility index (Phi) is 7.66. The predicted octanol–water partition coefficient (Wildman–Crippen LogP) is 3.69. The zero-order chi connectivity index (χ0) is 18.2.